The van der Waals surface area contributed by atoms with Crippen LogP contribution in [0.5, 0.6) is 0 Å². The molecule has 0 spiro atoms. The minimum absolute atomic E-state index is 0.0917. The van der Waals surface area contributed by atoms with E-state index in [1.54, 1.807) is 6.92 Å². The third kappa shape index (κ3) is 2.42. The van der Waals surface area contributed by atoms with Gasteiger partial charge in [0.2, 0.25) is 17.7 Å². The number of rotatable bonds is 1. The number of para-hydroxylation sites is 2. The minimum atomic E-state index is -0.644. The molecule has 1 saturated heterocycles. The first-order valence-electron chi connectivity index (χ1n) is 6.80. The summed E-state index contributed by atoms with van der Waals surface area (Å²) < 4.78 is 0. The van der Waals surface area contributed by atoms with E-state index in [-0.39, 0.29) is 12.5 Å². The highest BCUT2D eigenvalue weighted by molar-refractivity contribution is 6.05. The Hall–Kier alpha value is -2.57. The van der Waals surface area contributed by atoms with Gasteiger partial charge in [0.15, 0.2) is 0 Å². The lowest BCUT2D eigenvalue weighted by Crippen LogP contribution is -2.62. The van der Waals surface area contributed by atoms with Crippen molar-refractivity contribution in [3.05, 3.63) is 24.3 Å². The molecule has 0 saturated carbocycles. The Bertz CT molecular complexity index is 616. The predicted octanol–water partition coefficient (Wildman–Crippen LogP) is -0.234. The summed E-state index contributed by atoms with van der Waals surface area (Å²) in [5.74, 6) is -1.15. The normalized spacial score (nSPS) is 24.5. The molecule has 110 valence electrons. The van der Waals surface area contributed by atoms with E-state index >= 15 is 0 Å². The molecule has 0 bridgehead atoms. The lowest BCUT2D eigenvalue weighted by atomic mass is 10.1. The molecule has 1 fully saturated rings. The maximum Gasteiger partial charge on any atom is 0.249 e. The molecule has 7 heteroatoms. The highest BCUT2D eigenvalue weighted by Gasteiger charge is 2.37. The number of benzene rings is 1. The van der Waals surface area contributed by atoms with Crippen LogP contribution in [-0.4, -0.2) is 47.8 Å². The first-order valence-corrected chi connectivity index (χ1v) is 6.80. The fourth-order valence-electron chi connectivity index (χ4n) is 2.55. The first-order chi connectivity index (χ1) is 10.1. The smallest absolute Gasteiger partial charge is 0.249 e. The third-order valence-electron chi connectivity index (χ3n) is 3.76. The number of hydrogen-bond acceptors (Lipinski definition) is 5. The summed E-state index contributed by atoms with van der Waals surface area (Å²) in [6.45, 7) is 1.93. The number of nitrogens with one attached hydrogen (secondary N) is 3. The predicted molar refractivity (Wildman–Crippen MR) is 76.7 cm³/mol. The van der Waals surface area contributed by atoms with Gasteiger partial charge in [-0.05, 0) is 19.1 Å². The van der Waals surface area contributed by atoms with E-state index in [9.17, 15) is 14.4 Å². The van der Waals surface area contributed by atoms with Crippen molar-refractivity contribution < 1.29 is 14.4 Å². The molecular weight excluding hydrogens is 272 g/mol. The molecule has 3 N–H and O–H groups in total. The number of nitrogens with zero attached hydrogens (tertiary/aromatic N) is 1. The molecule has 21 heavy (non-hydrogen) atoms. The topological polar surface area (TPSA) is 90.5 Å². The monoisotopic (exact) mass is 288 g/mol. The second kappa shape index (κ2) is 5.08. The zero-order valence-electron chi connectivity index (χ0n) is 11.6. The number of hydrogen-bond donors (Lipinski definition) is 3. The fraction of sp³-hybridized carbons (Fsp3) is 0.357. The van der Waals surface area contributed by atoms with Crippen molar-refractivity contribution in [2.45, 2.75) is 19.0 Å². The van der Waals surface area contributed by atoms with Crippen molar-refractivity contribution in [1.82, 2.24) is 10.2 Å². The van der Waals surface area contributed by atoms with Gasteiger partial charge in [-0.3, -0.25) is 19.7 Å². The Morgan fingerprint density at radius 3 is 2.71 bits per heavy atom. The molecule has 1 aromatic carbocycles. The number of anilines is 2. The molecule has 2 unspecified atom stereocenters. The molecule has 2 heterocycles. The van der Waals surface area contributed by atoms with Crippen LogP contribution in [-0.2, 0) is 14.4 Å². The van der Waals surface area contributed by atoms with E-state index in [4.69, 9.17) is 0 Å². The average molecular weight is 288 g/mol. The van der Waals surface area contributed by atoms with Crippen molar-refractivity contribution in [2.75, 3.05) is 23.7 Å². The molecule has 0 aliphatic carbocycles. The van der Waals surface area contributed by atoms with Gasteiger partial charge in [-0.1, -0.05) is 12.1 Å². The summed E-state index contributed by atoms with van der Waals surface area (Å²) in [5.41, 5.74) is 1.77. The highest BCUT2D eigenvalue weighted by atomic mass is 16.2. The highest BCUT2D eigenvalue weighted by Crippen LogP contribution is 2.26. The van der Waals surface area contributed by atoms with Gasteiger partial charge in [0.1, 0.15) is 18.6 Å². The molecule has 0 aromatic heterocycles. The average Bonchev–Trinajstić information content (AvgIpc) is 2.49. The standard InChI is InChI=1S/C14H16N4O3/c1-8-13(20)17-12(19)7-18(8)14(21)11-6-15-9-4-2-3-5-10(9)16-11/h2-5,8,11,15-16H,6-7H2,1H3,(H,17,19,20). The number of carbonyl (C=O) groups excluding carboxylic acids is 3. The summed E-state index contributed by atoms with van der Waals surface area (Å²) in [6.07, 6.45) is 0. The van der Waals surface area contributed by atoms with Crippen molar-refractivity contribution in [2.24, 2.45) is 0 Å². The maximum absolute atomic E-state index is 12.6. The van der Waals surface area contributed by atoms with Crippen LogP contribution >= 0.6 is 0 Å². The van der Waals surface area contributed by atoms with E-state index in [2.05, 4.69) is 16.0 Å². The van der Waals surface area contributed by atoms with Gasteiger partial charge < -0.3 is 15.5 Å². The summed E-state index contributed by atoms with van der Waals surface area (Å²) in [7, 11) is 0. The van der Waals surface area contributed by atoms with Gasteiger partial charge in [-0.15, -0.1) is 0 Å². The van der Waals surface area contributed by atoms with Crippen LogP contribution in [0.2, 0.25) is 0 Å². The molecule has 2 aliphatic rings. The van der Waals surface area contributed by atoms with Crippen molar-refractivity contribution in [1.29, 1.82) is 0 Å². The quantitative estimate of drug-likeness (QED) is 0.621. The first kappa shape index (κ1) is 13.4. The fourth-order valence-corrected chi connectivity index (χ4v) is 2.55. The largest absolute Gasteiger partial charge is 0.381 e. The molecular formula is C14H16N4O3. The molecule has 7 nitrogen and oxygen atoms in total. The molecule has 3 rings (SSSR count). The Balaban J connectivity index is 1.77. The van der Waals surface area contributed by atoms with Crippen molar-refractivity contribution in [3.8, 4) is 0 Å². The van der Waals surface area contributed by atoms with Crippen molar-refractivity contribution in [3.63, 3.8) is 0 Å². The van der Waals surface area contributed by atoms with Gasteiger partial charge in [0.25, 0.3) is 0 Å². The number of amides is 3. The second-order valence-electron chi connectivity index (χ2n) is 5.18. The Morgan fingerprint density at radius 2 is 1.95 bits per heavy atom. The maximum atomic E-state index is 12.6. The number of fused-ring (bicyclic) bond motifs is 1. The Morgan fingerprint density at radius 1 is 1.24 bits per heavy atom. The zero-order chi connectivity index (χ0) is 15.0. The van der Waals surface area contributed by atoms with E-state index in [1.165, 1.54) is 4.90 Å². The van der Waals surface area contributed by atoms with Crippen LogP contribution in [0.3, 0.4) is 0 Å². The number of carbonyl (C=O) groups is 3. The summed E-state index contributed by atoms with van der Waals surface area (Å²) in [6, 6.07) is 6.44. The van der Waals surface area contributed by atoms with E-state index in [0.29, 0.717) is 6.54 Å². The summed E-state index contributed by atoms with van der Waals surface area (Å²) >= 11 is 0. The van der Waals surface area contributed by atoms with E-state index < -0.39 is 23.9 Å². The molecule has 0 radical (unpaired) electrons. The van der Waals surface area contributed by atoms with E-state index in [0.717, 1.165) is 11.4 Å². The van der Waals surface area contributed by atoms with Gasteiger partial charge in [0, 0.05) is 6.54 Å². The van der Waals surface area contributed by atoms with Crippen LogP contribution < -0.4 is 16.0 Å². The SMILES string of the molecule is CC1C(=O)NC(=O)CN1C(=O)C1CNc2ccccc2N1. The van der Waals surface area contributed by atoms with Crippen LogP contribution in [0.25, 0.3) is 0 Å². The zero-order valence-corrected chi connectivity index (χ0v) is 11.6. The minimum Gasteiger partial charge on any atom is -0.381 e. The lowest BCUT2D eigenvalue weighted by Gasteiger charge is -2.36. The Kier molecular flexibility index (Phi) is 3.25. The molecule has 2 aliphatic heterocycles. The Labute approximate surface area is 121 Å². The summed E-state index contributed by atoms with van der Waals surface area (Å²) in [4.78, 5) is 37.0. The molecule has 3 amide bonds. The number of imide groups is 1. The van der Waals surface area contributed by atoms with Crippen LogP contribution in [0.1, 0.15) is 6.92 Å². The second-order valence-corrected chi connectivity index (χ2v) is 5.18. The lowest BCUT2D eigenvalue weighted by molar-refractivity contribution is -0.149. The molecule has 2 atom stereocenters. The van der Waals surface area contributed by atoms with Gasteiger partial charge in [-0.25, -0.2) is 0 Å². The van der Waals surface area contributed by atoms with Gasteiger partial charge in [0.05, 0.1) is 11.4 Å². The van der Waals surface area contributed by atoms with Gasteiger partial charge in [-0.2, -0.15) is 0 Å². The van der Waals surface area contributed by atoms with Crippen LogP contribution in [0, 0.1) is 0 Å². The third-order valence-corrected chi connectivity index (χ3v) is 3.76. The van der Waals surface area contributed by atoms with Gasteiger partial charge >= 0.3 is 0 Å². The van der Waals surface area contributed by atoms with Crippen molar-refractivity contribution >= 4 is 29.1 Å². The van der Waals surface area contributed by atoms with Crippen LogP contribution in [0.4, 0.5) is 11.4 Å². The summed E-state index contributed by atoms with van der Waals surface area (Å²) in [5, 5.41) is 8.55. The van der Waals surface area contributed by atoms with E-state index in [1.807, 2.05) is 24.3 Å². The van der Waals surface area contributed by atoms with Crippen LogP contribution in [0.15, 0.2) is 24.3 Å². The number of piperazine rings is 1. The molecule has 1 aromatic rings.